The number of oxazole rings is 1. The van der Waals surface area contributed by atoms with E-state index in [-0.39, 0.29) is 12.3 Å². The van der Waals surface area contributed by atoms with Crippen molar-refractivity contribution in [2.75, 3.05) is 0 Å². The molecule has 34 heavy (non-hydrogen) atoms. The number of nitrogens with zero attached hydrogens (tertiary/aromatic N) is 1. The number of carboxylic acids is 1. The van der Waals surface area contributed by atoms with E-state index >= 15 is 0 Å². The van der Waals surface area contributed by atoms with Crippen molar-refractivity contribution in [3.8, 4) is 22.6 Å². The Morgan fingerprint density at radius 2 is 1.62 bits per heavy atom. The average Bonchev–Trinajstić information content (AvgIpc) is 3.31. The van der Waals surface area contributed by atoms with Gasteiger partial charge in [0.1, 0.15) is 5.69 Å². The zero-order valence-corrected chi connectivity index (χ0v) is 19.0. The highest BCUT2D eigenvalue weighted by molar-refractivity contribution is 5.79. The fraction of sp³-hybridized carbons (Fsp3) is 0.200. The van der Waals surface area contributed by atoms with E-state index in [9.17, 15) is 4.79 Å². The summed E-state index contributed by atoms with van der Waals surface area (Å²) >= 11 is 0. The molecule has 1 N–H and O–H groups in total. The topological polar surface area (TPSA) is 63.3 Å². The number of benzene rings is 3. The number of allylic oxidation sites excluding steroid dienone is 2. The van der Waals surface area contributed by atoms with Crippen LogP contribution in [0, 0.1) is 5.92 Å². The highest BCUT2D eigenvalue weighted by Gasteiger charge is 2.26. The molecule has 0 spiro atoms. The molecule has 1 aromatic heterocycles. The molecule has 0 radical (unpaired) electrons. The van der Waals surface area contributed by atoms with Gasteiger partial charge in [-0.25, -0.2) is 4.98 Å². The molecule has 5 rings (SSSR count). The van der Waals surface area contributed by atoms with Crippen LogP contribution >= 0.6 is 0 Å². The summed E-state index contributed by atoms with van der Waals surface area (Å²) in [6, 6.07) is 28.2. The maximum Gasteiger partial charge on any atom is 0.307 e. The summed E-state index contributed by atoms with van der Waals surface area (Å²) in [5.41, 5.74) is 6.03. The molecule has 1 aliphatic carbocycles. The first-order valence-corrected chi connectivity index (χ1v) is 11.8. The molecule has 4 nitrogen and oxygen atoms in total. The van der Waals surface area contributed by atoms with Gasteiger partial charge in [-0.3, -0.25) is 4.79 Å². The summed E-state index contributed by atoms with van der Waals surface area (Å²) in [5.74, 6) is 0.941. The smallest absolute Gasteiger partial charge is 0.307 e. The number of hydrogen-bond acceptors (Lipinski definition) is 3. The number of carboxylic acid groups (broad SMARTS) is 1. The van der Waals surface area contributed by atoms with Crippen LogP contribution in [0.3, 0.4) is 0 Å². The quantitative estimate of drug-likeness (QED) is 0.328. The monoisotopic (exact) mass is 449 g/mol. The second kappa shape index (κ2) is 9.92. The number of aromatic nitrogens is 1. The van der Waals surface area contributed by atoms with Crippen molar-refractivity contribution >= 4 is 11.5 Å². The summed E-state index contributed by atoms with van der Waals surface area (Å²) in [6.45, 7) is 0. The highest BCUT2D eigenvalue weighted by atomic mass is 16.4. The average molecular weight is 450 g/mol. The van der Waals surface area contributed by atoms with Crippen LogP contribution in [0.15, 0.2) is 95.4 Å². The van der Waals surface area contributed by atoms with Crippen molar-refractivity contribution in [3.63, 3.8) is 0 Å². The molecule has 1 unspecified atom stereocenters. The van der Waals surface area contributed by atoms with Gasteiger partial charge in [-0.1, -0.05) is 91.0 Å². The number of hydrogen-bond donors (Lipinski definition) is 1. The van der Waals surface area contributed by atoms with Gasteiger partial charge < -0.3 is 9.52 Å². The Morgan fingerprint density at radius 1 is 0.912 bits per heavy atom. The molecule has 0 amide bonds. The van der Waals surface area contributed by atoms with E-state index in [1.54, 1.807) is 0 Å². The van der Waals surface area contributed by atoms with Crippen LogP contribution in [0.25, 0.3) is 28.2 Å². The first-order chi connectivity index (χ1) is 16.7. The molecular weight excluding hydrogens is 422 g/mol. The lowest BCUT2D eigenvalue weighted by Crippen LogP contribution is -2.12. The zero-order chi connectivity index (χ0) is 23.3. The van der Waals surface area contributed by atoms with Gasteiger partial charge in [0.05, 0.1) is 6.42 Å². The summed E-state index contributed by atoms with van der Waals surface area (Å²) < 4.78 is 6.48. The Kier molecular flexibility index (Phi) is 6.39. The molecule has 0 fully saturated rings. The first kappa shape index (κ1) is 21.9. The minimum atomic E-state index is -0.808. The number of carbonyl (C=O) groups is 1. The summed E-state index contributed by atoms with van der Waals surface area (Å²) in [4.78, 5) is 16.2. The van der Waals surface area contributed by atoms with Gasteiger partial charge in [0.15, 0.2) is 5.76 Å². The fourth-order valence-electron chi connectivity index (χ4n) is 4.76. The Morgan fingerprint density at radius 3 is 2.35 bits per heavy atom. The van der Waals surface area contributed by atoms with E-state index in [1.165, 1.54) is 0 Å². The van der Waals surface area contributed by atoms with Crippen molar-refractivity contribution < 1.29 is 14.3 Å². The minimum Gasteiger partial charge on any atom is -0.481 e. The Hall–Kier alpha value is -3.92. The SMILES string of the molecule is O=C(O)Cc1cccc(CC2CCCC=C2c2nc(-c3ccccc3)c(-c3ccccc3)o2)c1. The van der Waals surface area contributed by atoms with Crippen molar-refractivity contribution in [1.82, 2.24) is 4.98 Å². The van der Waals surface area contributed by atoms with Crippen LogP contribution in [-0.2, 0) is 17.6 Å². The minimum absolute atomic E-state index is 0.0435. The standard InChI is InChI=1S/C30H27NO3/c32-27(33)20-22-11-9-10-21(18-22)19-25-16-7-8-17-26(25)30-31-28(23-12-3-1-4-13-23)29(34-30)24-14-5-2-6-15-24/h1-6,9-15,17-18,25H,7-8,16,19-20H2,(H,32,33). The third-order valence-electron chi connectivity index (χ3n) is 6.35. The molecule has 0 aliphatic heterocycles. The maximum absolute atomic E-state index is 11.1. The number of aliphatic carboxylic acids is 1. The predicted octanol–water partition coefficient (Wildman–Crippen LogP) is 7.06. The molecule has 0 saturated carbocycles. The molecular formula is C30H27NO3. The Bertz CT molecular complexity index is 1250. The zero-order valence-electron chi connectivity index (χ0n) is 19.0. The van der Waals surface area contributed by atoms with Crippen LogP contribution in [0.1, 0.15) is 36.3 Å². The molecule has 0 bridgehead atoms. The van der Waals surface area contributed by atoms with E-state index in [4.69, 9.17) is 14.5 Å². The van der Waals surface area contributed by atoms with E-state index in [0.717, 1.165) is 65.0 Å². The molecule has 4 heteroatoms. The van der Waals surface area contributed by atoms with Crippen molar-refractivity contribution in [2.45, 2.75) is 32.1 Å². The molecule has 3 aromatic carbocycles. The van der Waals surface area contributed by atoms with Gasteiger partial charge in [-0.15, -0.1) is 0 Å². The van der Waals surface area contributed by atoms with Gasteiger partial charge in [0.25, 0.3) is 0 Å². The molecule has 1 heterocycles. The lowest BCUT2D eigenvalue weighted by molar-refractivity contribution is -0.136. The van der Waals surface area contributed by atoms with Gasteiger partial charge in [-0.05, 0) is 42.7 Å². The predicted molar refractivity (Wildman–Crippen MR) is 134 cm³/mol. The van der Waals surface area contributed by atoms with Crippen LogP contribution in [0.4, 0.5) is 0 Å². The van der Waals surface area contributed by atoms with Gasteiger partial charge in [-0.2, -0.15) is 0 Å². The Balaban J connectivity index is 1.50. The van der Waals surface area contributed by atoms with E-state index < -0.39 is 5.97 Å². The largest absolute Gasteiger partial charge is 0.481 e. The molecule has 1 atom stereocenters. The van der Waals surface area contributed by atoms with Gasteiger partial charge in [0, 0.05) is 16.7 Å². The van der Waals surface area contributed by atoms with E-state index in [1.807, 2.05) is 54.6 Å². The lowest BCUT2D eigenvalue weighted by atomic mass is 9.83. The van der Waals surface area contributed by atoms with Crippen LogP contribution in [0.5, 0.6) is 0 Å². The molecule has 4 aromatic rings. The third-order valence-corrected chi connectivity index (χ3v) is 6.35. The molecule has 170 valence electrons. The number of rotatable bonds is 7. The Labute approximate surface area is 199 Å². The van der Waals surface area contributed by atoms with Crippen LogP contribution in [0.2, 0.25) is 0 Å². The lowest BCUT2D eigenvalue weighted by Gasteiger charge is -2.22. The molecule has 1 aliphatic rings. The summed E-state index contributed by atoms with van der Waals surface area (Å²) in [5, 5.41) is 9.16. The van der Waals surface area contributed by atoms with Crippen molar-refractivity contribution in [3.05, 3.63) is 108 Å². The second-order valence-electron chi connectivity index (χ2n) is 8.81. The molecule has 0 saturated heterocycles. The summed E-state index contributed by atoms with van der Waals surface area (Å²) in [6.07, 6.45) is 6.34. The van der Waals surface area contributed by atoms with Crippen molar-refractivity contribution in [2.24, 2.45) is 5.92 Å². The van der Waals surface area contributed by atoms with E-state index in [2.05, 4.69) is 36.4 Å². The fourth-order valence-corrected chi connectivity index (χ4v) is 4.76. The third kappa shape index (κ3) is 4.86. The summed E-state index contributed by atoms with van der Waals surface area (Å²) in [7, 11) is 0. The van der Waals surface area contributed by atoms with E-state index in [0.29, 0.717) is 5.89 Å². The highest BCUT2D eigenvalue weighted by Crippen LogP contribution is 2.40. The van der Waals surface area contributed by atoms with Crippen LogP contribution in [-0.4, -0.2) is 16.1 Å². The van der Waals surface area contributed by atoms with Gasteiger partial charge in [0.2, 0.25) is 5.89 Å². The maximum atomic E-state index is 11.1. The van der Waals surface area contributed by atoms with Crippen molar-refractivity contribution in [1.29, 1.82) is 0 Å². The first-order valence-electron chi connectivity index (χ1n) is 11.8. The van der Waals surface area contributed by atoms with Crippen LogP contribution < -0.4 is 0 Å². The van der Waals surface area contributed by atoms with Gasteiger partial charge >= 0.3 is 5.97 Å². The second-order valence-corrected chi connectivity index (χ2v) is 8.81. The normalized spacial score (nSPS) is 15.6.